The van der Waals surface area contributed by atoms with Gasteiger partial charge < -0.3 is 0 Å². The first kappa shape index (κ1) is 16.1. The number of hydrogen-bond acceptors (Lipinski definition) is 4. The molecule has 3 aromatic rings. The molecule has 24 heavy (non-hydrogen) atoms. The van der Waals surface area contributed by atoms with E-state index in [1.807, 2.05) is 0 Å². The van der Waals surface area contributed by atoms with Gasteiger partial charge in [0, 0.05) is 19.3 Å². The van der Waals surface area contributed by atoms with Crippen molar-refractivity contribution in [1.29, 1.82) is 0 Å². The van der Waals surface area contributed by atoms with Gasteiger partial charge in [-0.1, -0.05) is 0 Å². The molecule has 0 atom stereocenters. The molecule has 0 bridgehead atoms. The van der Waals surface area contributed by atoms with Gasteiger partial charge in [0.25, 0.3) is 15.6 Å². The molecular formula is C14H12F2N4O3S. The Kier molecular flexibility index (Phi) is 3.63. The highest BCUT2D eigenvalue weighted by molar-refractivity contribution is 7.92. The predicted molar refractivity (Wildman–Crippen MR) is 82.3 cm³/mol. The van der Waals surface area contributed by atoms with Crippen LogP contribution >= 0.6 is 0 Å². The zero-order valence-corrected chi connectivity index (χ0v) is 13.4. The van der Waals surface area contributed by atoms with Crippen molar-refractivity contribution in [1.82, 2.24) is 14.2 Å². The van der Waals surface area contributed by atoms with Crippen LogP contribution < -0.4 is 10.3 Å². The van der Waals surface area contributed by atoms with E-state index in [2.05, 4.69) is 9.82 Å². The summed E-state index contributed by atoms with van der Waals surface area (Å²) in [5.41, 5.74) is -0.461. The fourth-order valence-electron chi connectivity index (χ4n) is 2.27. The van der Waals surface area contributed by atoms with Crippen molar-refractivity contribution in [3.8, 4) is 0 Å². The van der Waals surface area contributed by atoms with Crippen LogP contribution in [-0.2, 0) is 17.1 Å². The third-order valence-electron chi connectivity index (χ3n) is 3.43. The van der Waals surface area contributed by atoms with Gasteiger partial charge in [-0.2, -0.15) is 5.10 Å². The molecule has 10 heteroatoms. The lowest BCUT2D eigenvalue weighted by Crippen LogP contribution is -2.22. The summed E-state index contributed by atoms with van der Waals surface area (Å²) in [5, 5.41) is 3.96. The van der Waals surface area contributed by atoms with Crippen LogP contribution in [0.4, 0.5) is 14.5 Å². The van der Waals surface area contributed by atoms with Gasteiger partial charge in [-0.05, 0) is 25.1 Å². The van der Waals surface area contributed by atoms with Gasteiger partial charge in [0.05, 0.1) is 5.69 Å². The summed E-state index contributed by atoms with van der Waals surface area (Å²) in [6, 6.07) is 3.83. The first-order chi connectivity index (χ1) is 11.2. The summed E-state index contributed by atoms with van der Waals surface area (Å²) in [6.45, 7) is 1.62. The second-order valence-electron chi connectivity index (χ2n) is 5.14. The molecular weight excluding hydrogens is 342 g/mol. The zero-order valence-electron chi connectivity index (χ0n) is 12.6. The molecule has 0 amide bonds. The maximum Gasteiger partial charge on any atom is 0.290 e. The molecule has 2 aromatic heterocycles. The van der Waals surface area contributed by atoms with Crippen LogP contribution in [-0.4, -0.2) is 22.6 Å². The fraction of sp³-hybridized carbons (Fsp3) is 0.143. The van der Waals surface area contributed by atoms with Crippen LogP contribution in [0.2, 0.25) is 0 Å². The topological polar surface area (TPSA) is 85.5 Å². The molecule has 0 unspecified atom stereocenters. The molecule has 126 valence electrons. The smallest absolute Gasteiger partial charge is 0.290 e. The Balaban J connectivity index is 2.08. The van der Waals surface area contributed by atoms with Gasteiger partial charge >= 0.3 is 0 Å². The van der Waals surface area contributed by atoms with Crippen LogP contribution in [0.1, 0.15) is 5.82 Å². The third kappa shape index (κ3) is 2.64. The second kappa shape index (κ2) is 5.41. The minimum atomic E-state index is -4.09. The second-order valence-corrected chi connectivity index (χ2v) is 6.82. The van der Waals surface area contributed by atoms with E-state index in [1.54, 1.807) is 6.92 Å². The van der Waals surface area contributed by atoms with Crippen LogP contribution in [0.3, 0.4) is 0 Å². The quantitative estimate of drug-likeness (QED) is 0.771. The Hall–Kier alpha value is -2.75. The van der Waals surface area contributed by atoms with Gasteiger partial charge in [0.1, 0.15) is 16.2 Å². The average molecular weight is 354 g/mol. The number of fused-ring (bicyclic) bond motifs is 1. The van der Waals surface area contributed by atoms with Gasteiger partial charge in [-0.15, -0.1) is 0 Å². The SMILES string of the molecule is Cc1nn(C)c(=O)c2cc(S(=O)(=O)Nc3ccc(F)c(F)c3)cn12. The van der Waals surface area contributed by atoms with Crippen molar-refractivity contribution in [2.45, 2.75) is 11.8 Å². The fourth-order valence-corrected chi connectivity index (χ4v) is 3.33. The summed E-state index contributed by atoms with van der Waals surface area (Å²) >= 11 is 0. The van der Waals surface area contributed by atoms with Crippen molar-refractivity contribution >= 4 is 21.2 Å². The van der Waals surface area contributed by atoms with Gasteiger partial charge in [0.15, 0.2) is 11.6 Å². The van der Waals surface area contributed by atoms with E-state index < -0.39 is 27.2 Å². The molecule has 0 aliphatic rings. The third-order valence-corrected chi connectivity index (χ3v) is 4.78. The molecule has 3 rings (SSSR count). The first-order valence-corrected chi connectivity index (χ1v) is 8.21. The summed E-state index contributed by atoms with van der Waals surface area (Å²) in [7, 11) is -2.63. The minimum absolute atomic E-state index is 0.132. The molecule has 0 saturated carbocycles. The monoisotopic (exact) mass is 354 g/mol. The van der Waals surface area contributed by atoms with Crippen molar-refractivity contribution in [3.63, 3.8) is 0 Å². The number of aromatic nitrogens is 3. The van der Waals surface area contributed by atoms with Crippen molar-refractivity contribution < 1.29 is 17.2 Å². The Morgan fingerprint density at radius 1 is 1.17 bits per heavy atom. The number of halogens is 2. The minimum Gasteiger partial charge on any atom is -0.298 e. The zero-order chi connectivity index (χ0) is 17.6. The van der Waals surface area contributed by atoms with Crippen LogP contribution in [0.25, 0.3) is 5.52 Å². The summed E-state index contributed by atoms with van der Waals surface area (Å²) in [5.74, 6) is -1.84. The molecule has 0 saturated heterocycles. The predicted octanol–water partition coefficient (Wildman–Crippen LogP) is 1.42. The summed E-state index contributed by atoms with van der Waals surface area (Å²) in [6.07, 6.45) is 1.24. The normalized spacial score (nSPS) is 11.8. The number of sulfonamides is 1. The van der Waals surface area contributed by atoms with E-state index in [9.17, 15) is 22.0 Å². The first-order valence-electron chi connectivity index (χ1n) is 6.73. The van der Waals surface area contributed by atoms with Gasteiger partial charge in [-0.25, -0.2) is 21.9 Å². The Morgan fingerprint density at radius 2 is 1.88 bits per heavy atom. The lowest BCUT2D eigenvalue weighted by Gasteiger charge is -2.06. The van der Waals surface area contributed by atoms with E-state index >= 15 is 0 Å². The van der Waals surface area contributed by atoms with E-state index in [1.165, 1.54) is 23.7 Å². The summed E-state index contributed by atoms with van der Waals surface area (Å²) < 4.78 is 55.5. The molecule has 0 spiro atoms. The maximum absolute atomic E-state index is 13.2. The van der Waals surface area contributed by atoms with Crippen LogP contribution in [0.5, 0.6) is 0 Å². The van der Waals surface area contributed by atoms with Crippen LogP contribution in [0, 0.1) is 18.6 Å². The van der Waals surface area contributed by atoms with Crippen molar-refractivity contribution in [3.05, 3.63) is 58.3 Å². The molecule has 1 aromatic carbocycles. The van der Waals surface area contributed by atoms with Crippen molar-refractivity contribution in [2.24, 2.45) is 7.05 Å². The largest absolute Gasteiger partial charge is 0.298 e. The Labute approximate surface area is 135 Å². The van der Waals surface area contributed by atoms with Crippen molar-refractivity contribution in [2.75, 3.05) is 4.72 Å². The number of benzene rings is 1. The number of nitrogens with one attached hydrogen (secondary N) is 1. The van der Waals surface area contributed by atoms with E-state index in [0.717, 1.165) is 22.9 Å². The highest BCUT2D eigenvalue weighted by Crippen LogP contribution is 2.20. The average Bonchev–Trinajstić information content (AvgIpc) is 2.95. The lowest BCUT2D eigenvalue weighted by atomic mass is 10.3. The molecule has 0 aliphatic carbocycles. The summed E-state index contributed by atoms with van der Waals surface area (Å²) in [4.78, 5) is 11.8. The Morgan fingerprint density at radius 3 is 2.54 bits per heavy atom. The molecule has 2 heterocycles. The number of rotatable bonds is 3. The molecule has 1 N–H and O–H groups in total. The van der Waals surface area contributed by atoms with E-state index in [0.29, 0.717) is 5.82 Å². The van der Waals surface area contributed by atoms with Crippen LogP contribution in [0.15, 0.2) is 40.2 Å². The lowest BCUT2D eigenvalue weighted by molar-refractivity contribution is 0.509. The standard InChI is InChI=1S/C14H12F2N4O3S/c1-8-17-19(2)14(21)13-6-10(7-20(8)13)24(22,23)18-9-3-4-11(15)12(16)5-9/h3-7,18H,1-2H3. The molecule has 0 aliphatic heterocycles. The Bertz CT molecular complexity index is 1120. The number of hydrogen-bond donors (Lipinski definition) is 1. The van der Waals surface area contributed by atoms with Gasteiger partial charge in [-0.3, -0.25) is 13.9 Å². The number of aryl methyl sites for hydroxylation is 2. The number of nitrogens with zero attached hydrogens (tertiary/aromatic N) is 3. The molecule has 0 fully saturated rings. The van der Waals surface area contributed by atoms with Gasteiger partial charge in [0.2, 0.25) is 0 Å². The van der Waals surface area contributed by atoms with E-state index in [4.69, 9.17) is 0 Å². The van der Waals surface area contributed by atoms with E-state index in [-0.39, 0.29) is 16.1 Å². The maximum atomic E-state index is 13.2. The highest BCUT2D eigenvalue weighted by Gasteiger charge is 2.19. The highest BCUT2D eigenvalue weighted by atomic mass is 32.2. The molecule has 0 radical (unpaired) electrons. The number of anilines is 1. The molecule has 7 nitrogen and oxygen atoms in total.